The van der Waals surface area contributed by atoms with Gasteiger partial charge in [-0.3, -0.25) is 0 Å². The van der Waals surface area contributed by atoms with E-state index in [0.717, 1.165) is 12.8 Å². The van der Waals surface area contributed by atoms with Gasteiger partial charge in [-0.1, -0.05) is 31.9 Å². The Morgan fingerprint density at radius 3 is 2.90 bits per heavy atom. The third kappa shape index (κ3) is 1.84. The lowest BCUT2D eigenvalue weighted by atomic mass is 10.00. The average molecular weight is 140 g/mol. The van der Waals surface area contributed by atoms with E-state index in [-0.39, 0.29) is 6.10 Å². The van der Waals surface area contributed by atoms with Crippen molar-refractivity contribution in [3.63, 3.8) is 0 Å². The lowest BCUT2D eigenvalue weighted by Crippen LogP contribution is -2.12. The largest absolute Gasteiger partial charge is 0.392 e. The smallest absolute Gasteiger partial charge is 0.0637 e. The van der Waals surface area contributed by atoms with Gasteiger partial charge in [0, 0.05) is 5.92 Å². The molecule has 0 aliphatic heterocycles. The van der Waals surface area contributed by atoms with Crippen molar-refractivity contribution in [2.75, 3.05) is 0 Å². The quantitative estimate of drug-likeness (QED) is 0.595. The Hall–Kier alpha value is -0.300. The molecular weight excluding hydrogens is 124 g/mol. The number of rotatable bonds is 3. The summed E-state index contributed by atoms with van der Waals surface area (Å²) in [7, 11) is 0. The van der Waals surface area contributed by atoms with Crippen LogP contribution in [0.5, 0.6) is 0 Å². The molecule has 1 nitrogen and oxygen atoms in total. The minimum absolute atomic E-state index is 0.0773. The van der Waals surface area contributed by atoms with Crippen LogP contribution in [0.1, 0.15) is 32.6 Å². The minimum atomic E-state index is -0.0773. The minimum Gasteiger partial charge on any atom is -0.392 e. The topological polar surface area (TPSA) is 20.2 Å². The first kappa shape index (κ1) is 7.80. The predicted molar refractivity (Wildman–Crippen MR) is 42.8 cm³/mol. The molecular formula is C9H16O. The predicted octanol–water partition coefficient (Wildman–Crippen LogP) is 2.11. The Morgan fingerprint density at radius 2 is 2.40 bits per heavy atom. The van der Waals surface area contributed by atoms with Crippen molar-refractivity contribution in [3.8, 4) is 0 Å². The lowest BCUT2D eigenvalue weighted by Gasteiger charge is -2.11. The molecule has 0 unspecified atom stereocenters. The van der Waals surface area contributed by atoms with E-state index >= 15 is 0 Å². The molecule has 1 rings (SSSR count). The zero-order valence-corrected chi connectivity index (χ0v) is 6.59. The molecule has 0 amide bonds. The van der Waals surface area contributed by atoms with Gasteiger partial charge in [0.15, 0.2) is 0 Å². The Labute approximate surface area is 62.8 Å². The van der Waals surface area contributed by atoms with Gasteiger partial charge in [-0.15, -0.1) is 0 Å². The van der Waals surface area contributed by atoms with E-state index in [1.54, 1.807) is 0 Å². The van der Waals surface area contributed by atoms with Crippen molar-refractivity contribution in [2.45, 2.75) is 38.7 Å². The van der Waals surface area contributed by atoms with E-state index in [0.29, 0.717) is 5.92 Å². The van der Waals surface area contributed by atoms with Gasteiger partial charge in [0.2, 0.25) is 0 Å². The van der Waals surface area contributed by atoms with Crippen LogP contribution in [0.3, 0.4) is 0 Å². The van der Waals surface area contributed by atoms with Gasteiger partial charge >= 0.3 is 0 Å². The number of unbranched alkanes of at least 4 members (excludes halogenated alkanes) is 1. The highest BCUT2D eigenvalue weighted by Gasteiger charge is 2.18. The summed E-state index contributed by atoms with van der Waals surface area (Å²) < 4.78 is 0. The van der Waals surface area contributed by atoms with E-state index < -0.39 is 0 Å². The monoisotopic (exact) mass is 140 g/mol. The molecule has 1 N–H and O–H groups in total. The van der Waals surface area contributed by atoms with Crippen molar-refractivity contribution >= 4 is 0 Å². The van der Waals surface area contributed by atoms with E-state index in [4.69, 9.17) is 0 Å². The van der Waals surface area contributed by atoms with Gasteiger partial charge in [-0.05, 0) is 12.8 Å². The molecule has 0 radical (unpaired) electrons. The summed E-state index contributed by atoms with van der Waals surface area (Å²) >= 11 is 0. The van der Waals surface area contributed by atoms with Crippen molar-refractivity contribution in [3.05, 3.63) is 12.2 Å². The summed E-state index contributed by atoms with van der Waals surface area (Å²) in [6, 6.07) is 0. The molecule has 1 aliphatic carbocycles. The summed E-state index contributed by atoms with van der Waals surface area (Å²) in [4.78, 5) is 0. The van der Waals surface area contributed by atoms with Crippen LogP contribution in [0.4, 0.5) is 0 Å². The van der Waals surface area contributed by atoms with Crippen LogP contribution in [0.15, 0.2) is 12.2 Å². The van der Waals surface area contributed by atoms with Crippen LogP contribution in [-0.2, 0) is 0 Å². The van der Waals surface area contributed by atoms with Crippen LogP contribution in [0.2, 0.25) is 0 Å². The van der Waals surface area contributed by atoms with E-state index in [9.17, 15) is 5.11 Å². The fraction of sp³-hybridized carbons (Fsp3) is 0.778. The summed E-state index contributed by atoms with van der Waals surface area (Å²) in [5.74, 6) is 0.458. The van der Waals surface area contributed by atoms with Crippen LogP contribution < -0.4 is 0 Å². The van der Waals surface area contributed by atoms with E-state index in [2.05, 4.69) is 19.1 Å². The summed E-state index contributed by atoms with van der Waals surface area (Å²) in [6.07, 6.45) is 8.67. The molecule has 0 fully saturated rings. The molecule has 0 aromatic rings. The molecule has 10 heavy (non-hydrogen) atoms. The van der Waals surface area contributed by atoms with Gasteiger partial charge in [-0.2, -0.15) is 0 Å². The maximum absolute atomic E-state index is 9.35. The zero-order chi connectivity index (χ0) is 7.40. The molecule has 0 heterocycles. The highest BCUT2D eigenvalue weighted by Crippen LogP contribution is 2.22. The molecule has 1 heteroatoms. The maximum Gasteiger partial charge on any atom is 0.0637 e. The molecule has 1 aliphatic rings. The molecule has 0 spiro atoms. The second-order valence-electron chi connectivity index (χ2n) is 3.04. The third-order valence-corrected chi connectivity index (χ3v) is 2.15. The summed E-state index contributed by atoms with van der Waals surface area (Å²) in [5, 5.41) is 9.35. The molecule has 2 atom stereocenters. The van der Waals surface area contributed by atoms with Crippen molar-refractivity contribution in [2.24, 2.45) is 5.92 Å². The fourth-order valence-corrected chi connectivity index (χ4v) is 1.42. The second kappa shape index (κ2) is 3.77. The Balaban J connectivity index is 2.20. The first-order valence-corrected chi connectivity index (χ1v) is 4.19. The highest BCUT2D eigenvalue weighted by atomic mass is 16.3. The maximum atomic E-state index is 9.35. The van der Waals surface area contributed by atoms with E-state index in [1.165, 1.54) is 12.8 Å². The Kier molecular flexibility index (Phi) is 2.94. The van der Waals surface area contributed by atoms with Gasteiger partial charge in [0.05, 0.1) is 6.10 Å². The first-order valence-electron chi connectivity index (χ1n) is 4.19. The lowest BCUT2D eigenvalue weighted by molar-refractivity contribution is 0.138. The normalized spacial score (nSPS) is 31.4. The first-order chi connectivity index (χ1) is 4.84. The second-order valence-corrected chi connectivity index (χ2v) is 3.04. The third-order valence-electron chi connectivity index (χ3n) is 2.15. The highest BCUT2D eigenvalue weighted by molar-refractivity contribution is 5.01. The molecule has 0 saturated carbocycles. The summed E-state index contributed by atoms with van der Waals surface area (Å²) in [6.45, 7) is 2.19. The number of aliphatic hydroxyl groups excluding tert-OH is 1. The van der Waals surface area contributed by atoms with Gasteiger partial charge in [0.25, 0.3) is 0 Å². The molecule has 58 valence electrons. The molecule has 0 bridgehead atoms. The van der Waals surface area contributed by atoms with Gasteiger partial charge < -0.3 is 5.11 Å². The van der Waals surface area contributed by atoms with Crippen LogP contribution in [-0.4, -0.2) is 11.2 Å². The summed E-state index contributed by atoms with van der Waals surface area (Å²) in [5.41, 5.74) is 0. The van der Waals surface area contributed by atoms with Crippen molar-refractivity contribution in [1.29, 1.82) is 0 Å². The number of aliphatic hydroxyl groups is 1. The average Bonchev–Trinajstić information content (AvgIpc) is 2.31. The SMILES string of the molecule is CCCC[C@@H]1C=CC[C@@H]1O. The van der Waals surface area contributed by atoms with Crippen LogP contribution in [0, 0.1) is 5.92 Å². The fourth-order valence-electron chi connectivity index (χ4n) is 1.42. The Morgan fingerprint density at radius 1 is 1.60 bits per heavy atom. The van der Waals surface area contributed by atoms with Crippen LogP contribution in [0.25, 0.3) is 0 Å². The van der Waals surface area contributed by atoms with Crippen molar-refractivity contribution < 1.29 is 5.11 Å². The van der Waals surface area contributed by atoms with Gasteiger partial charge in [-0.25, -0.2) is 0 Å². The van der Waals surface area contributed by atoms with Gasteiger partial charge in [0.1, 0.15) is 0 Å². The zero-order valence-electron chi connectivity index (χ0n) is 6.59. The number of hydrogen-bond acceptors (Lipinski definition) is 1. The molecule has 0 saturated heterocycles. The standard InChI is InChI=1S/C9H16O/c1-2-3-5-8-6-4-7-9(8)10/h4,6,8-10H,2-3,5,7H2,1H3/t8-,9+/m1/s1. The molecule has 0 aromatic carbocycles. The Bertz CT molecular complexity index is 118. The number of hydrogen-bond donors (Lipinski definition) is 1. The van der Waals surface area contributed by atoms with Crippen LogP contribution >= 0.6 is 0 Å². The van der Waals surface area contributed by atoms with Crippen molar-refractivity contribution in [1.82, 2.24) is 0 Å². The van der Waals surface area contributed by atoms with E-state index in [1.807, 2.05) is 0 Å². The molecule has 0 aromatic heterocycles.